The molecule has 0 fully saturated rings. The molecule has 2 rings (SSSR count). The van der Waals surface area contributed by atoms with E-state index >= 15 is 0 Å². The van der Waals surface area contributed by atoms with E-state index in [9.17, 15) is 4.79 Å². The van der Waals surface area contributed by atoms with Crippen LogP contribution in [0.4, 0.5) is 0 Å². The van der Waals surface area contributed by atoms with Gasteiger partial charge in [-0.25, -0.2) is 0 Å². The van der Waals surface area contributed by atoms with E-state index in [1.54, 1.807) is 38.1 Å². The topological polar surface area (TPSA) is 43.3 Å². The molecule has 0 unspecified atom stereocenters. The van der Waals surface area contributed by atoms with Crippen LogP contribution in [0.1, 0.15) is 25.2 Å². The van der Waals surface area contributed by atoms with Gasteiger partial charge in [-0.05, 0) is 57.2 Å². The summed E-state index contributed by atoms with van der Waals surface area (Å²) in [6, 6.07) is 11.0. The van der Waals surface area contributed by atoms with Crippen LogP contribution in [0.3, 0.4) is 0 Å². The molecule has 118 valence electrons. The summed E-state index contributed by atoms with van der Waals surface area (Å²) in [6.45, 7) is 5.98. The van der Waals surface area contributed by atoms with Gasteiger partial charge in [-0.15, -0.1) is 0 Å². The first kappa shape index (κ1) is 16.4. The van der Waals surface area contributed by atoms with Gasteiger partial charge in [-0.3, -0.25) is 4.79 Å². The fourth-order valence-electron chi connectivity index (χ4n) is 2.07. The molecule has 0 radical (unpaired) electrons. The van der Waals surface area contributed by atoms with Crippen LogP contribution in [0.5, 0.6) is 5.75 Å². The molecule has 22 heavy (non-hydrogen) atoms. The predicted octanol–water partition coefficient (Wildman–Crippen LogP) is 3.46. The van der Waals surface area contributed by atoms with Crippen LogP contribution in [0.15, 0.2) is 36.4 Å². The van der Waals surface area contributed by atoms with Crippen LogP contribution < -0.4 is 10.1 Å². The predicted molar refractivity (Wildman–Crippen MR) is 88.2 cm³/mol. The number of aryl methyl sites for hydroxylation is 1. The Balaban J connectivity index is 1.98. The molecule has 0 atom stereocenters. The van der Waals surface area contributed by atoms with E-state index in [2.05, 4.69) is 5.32 Å². The first-order valence-corrected chi connectivity index (χ1v) is 7.51. The lowest BCUT2D eigenvalue weighted by atomic mass is 10.1. The number of rotatable bonds is 5. The first-order chi connectivity index (χ1) is 10.3. The minimum Gasteiger partial charge on any atom is -0.478 e. The van der Waals surface area contributed by atoms with Crippen molar-refractivity contribution in [1.29, 1.82) is 0 Å². The maximum absolute atomic E-state index is 12.4. The number of aromatic nitrogens is 1. The number of halogens is 1. The summed E-state index contributed by atoms with van der Waals surface area (Å²) in [5, 5.41) is 3.55. The third kappa shape index (κ3) is 3.83. The van der Waals surface area contributed by atoms with Gasteiger partial charge >= 0.3 is 0 Å². The van der Waals surface area contributed by atoms with E-state index in [0.29, 0.717) is 17.3 Å². The molecule has 4 nitrogen and oxygen atoms in total. The van der Waals surface area contributed by atoms with Gasteiger partial charge < -0.3 is 14.6 Å². The molecule has 1 heterocycles. The van der Waals surface area contributed by atoms with Gasteiger partial charge in [0.1, 0.15) is 5.75 Å². The van der Waals surface area contributed by atoms with Crippen LogP contribution in [-0.2, 0) is 18.4 Å². The number of ether oxygens (including phenoxy) is 1. The number of hydrogen-bond acceptors (Lipinski definition) is 2. The molecule has 0 aliphatic rings. The second-order valence-electron chi connectivity index (χ2n) is 5.77. The zero-order valence-electron chi connectivity index (χ0n) is 13.3. The number of hydrogen-bond donors (Lipinski definition) is 1. The second kappa shape index (κ2) is 6.44. The number of amides is 1. The van der Waals surface area contributed by atoms with Crippen molar-refractivity contribution in [2.75, 3.05) is 0 Å². The Morgan fingerprint density at radius 3 is 2.41 bits per heavy atom. The zero-order chi connectivity index (χ0) is 16.3. The summed E-state index contributed by atoms with van der Waals surface area (Å²) < 4.78 is 7.81. The Hall–Kier alpha value is -1.94. The van der Waals surface area contributed by atoms with Crippen molar-refractivity contribution < 1.29 is 9.53 Å². The molecule has 0 spiro atoms. The molecule has 2 aromatic rings. The number of nitrogens with zero attached hydrogens (tertiary/aromatic N) is 1. The maximum atomic E-state index is 12.4. The van der Waals surface area contributed by atoms with Gasteiger partial charge in [0, 0.05) is 23.5 Å². The molecule has 1 amide bonds. The molecule has 1 aromatic heterocycles. The lowest BCUT2D eigenvalue weighted by Gasteiger charge is -2.25. The van der Waals surface area contributed by atoms with Gasteiger partial charge in [0.05, 0.1) is 6.54 Å². The third-order valence-electron chi connectivity index (χ3n) is 3.64. The second-order valence-corrected chi connectivity index (χ2v) is 6.21. The van der Waals surface area contributed by atoms with E-state index in [1.807, 2.05) is 30.7 Å². The first-order valence-electron chi connectivity index (χ1n) is 7.13. The Morgan fingerprint density at radius 2 is 1.86 bits per heavy atom. The minimum atomic E-state index is -0.964. The Bertz CT molecular complexity index is 660. The van der Waals surface area contributed by atoms with Crippen LogP contribution in [0, 0.1) is 6.92 Å². The average molecular weight is 321 g/mol. The van der Waals surface area contributed by atoms with Gasteiger partial charge in [0.2, 0.25) is 0 Å². The van der Waals surface area contributed by atoms with Gasteiger partial charge in [-0.2, -0.15) is 0 Å². The SMILES string of the molecule is Cc1ccc(CNC(=O)C(C)(C)Oc2ccc(Cl)cc2)n1C. The number of carbonyl (C=O) groups is 1. The van der Waals surface area contributed by atoms with Crippen molar-refractivity contribution in [2.45, 2.75) is 32.9 Å². The summed E-state index contributed by atoms with van der Waals surface area (Å²) in [5.74, 6) is 0.445. The van der Waals surface area contributed by atoms with E-state index < -0.39 is 5.60 Å². The van der Waals surface area contributed by atoms with Crippen molar-refractivity contribution >= 4 is 17.5 Å². The minimum absolute atomic E-state index is 0.165. The highest BCUT2D eigenvalue weighted by molar-refractivity contribution is 6.30. The Morgan fingerprint density at radius 1 is 1.23 bits per heavy atom. The van der Waals surface area contributed by atoms with E-state index in [-0.39, 0.29) is 5.91 Å². The number of carbonyl (C=O) groups excluding carboxylic acids is 1. The number of benzene rings is 1. The molecule has 1 aromatic carbocycles. The van der Waals surface area contributed by atoms with E-state index in [0.717, 1.165) is 11.4 Å². The molecule has 1 N–H and O–H groups in total. The van der Waals surface area contributed by atoms with Crippen LogP contribution >= 0.6 is 11.6 Å². The molecule has 0 saturated carbocycles. The normalized spacial score (nSPS) is 11.3. The molecular weight excluding hydrogens is 300 g/mol. The smallest absolute Gasteiger partial charge is 0.263 e. The molecule has 0 bridgehead atoms. The molecule has 0 aliphatic carbocycles. The van der Waals surface area contributed by atoms with Crippen molar-refractivity contribution in [3.8, 4) is 5.75 Å². The summed E-state index contributed by atoms with van der Waals surface area (Å²) in [4.78, 5) is 12.4. The van der Waals surface area contributed by atoms with Crippen molar-refractivity contribution in [1.82, 2.24) is 9.88 Å². The molecule has 0 saturated heterocycles. The summed E-state index contributed by atoms with van der Waals surface area (Å²) in [5.41, 5.74) is 1.24. The summed E-state index contributed by atoms with van der Waals surface area (Å²) in [7, 11) is 1.98. The zero-order valence-corrected chi connectivity index (χ0v) is 14.1. The van der Waals surface area contributed by atoms with Gasteiger partial charge in [0.25, 0.3) is 5.91 Å². The quantitative estimate of drug-likeness (QED) is 0.916. The van der Waals surface area contributed by atoms with Crippen molar-refractivity contribution in [2.24, 2.45) is 7.05 Å². The standard InChI is InChI=1S/C17H21ClN2O2/c1-12-5-8-14(20(12)4)11-19-16(21)17(2,3)22-15-9-6-13(18)7-10-15/h5-10H,11H2,1-4H3,(H,19,21). The summed E-state index contributed by atoms with van der Waals surface area (Å²) in [6.07, 6.45) is 0. The largest absolute Gasteiger partial charge is 0.478 e. The van der Waals surface area contributed by atoms with Crippen molar-refractivity contribution in [3.05, 3.63) is 52.8 Å². The third-order valence-corrected chi connectivity index (χ3v) is 3.89. The molecule has 0 aliphatic heterocycles. The fourth-order valence-corrected chi connectivity index (χ4v) is 2.20. The lowest BCUT2D eigenvalue weighted by molar-refractivity contribution is -0.134. The fraction of sp³-hybridized carbons (Fsp3) is 0.353. The Labute approximate surface area is 136 Å². The average Bonchev–Trinajstić information content (AvgIpc) is 2.78. The summed E-state index contributed by atoms with van der Waals surface area (Å²) >= 11 is 5.84. The monoisotopic (exact) mass is 320 g/mol. The number of nitrogens with one attached hydrogen (secondary N) is 1. The highest BCUT2D eigenvalue weighted by atomic mass is 35.5. The van der Waals surface area contributed by atoms with Crippen molar-refractivity contribution in [3.63, 3.8) is 0 Å². The maximum Gasteiger partial charge on any atom is 0.263 e. The molecule has 5 heteroatoms. The van der Waals surface area contributed by atoms with Crippen LogP contribution in [0.25, 0.3) is 0 Å². The van der Waals surface area contributed by atoms with E-state index in [1.165, 1.54) is 0 Å². The lowest BCUT2D eigenvalue weighted by Crippen LogP contribution is -2.46. The highest BCUT2D eigenvalue weighted by Crippen LogP contribution is 2.21. The van der Waals surface area contributed by atoms with Crippen LogP contribution in [-0.4, -0.2) is 16.1 Å². The highest BCUT2D eigenvalue weighted by Gasteiger charge is 2.29. The van der Waals surface area contributed by atoms with Gasteiger partial charge in [0.15, 0.2) is 5.60 Å². The van der Waals surface area contributed by atoms with Gasteiger partial charge in [-0.1, -0.05) is 11.6 Å². The molecular formula is C17H21ClN2O2. The Kier molecular flexibility index (Phi) is 4.81. The van der Waals surface area contributed by atoms with E-state index in [4.69, 9.17) is 16.3 Å². The van der Waals surface area contributed by atoms with Crippen LogP contribution in [0.2, 0.25) is 5.02 Å².